The number of aliphatic hydroxyl groups excluding tert-OH is 1. The molecule has 24 heavy (non-hydrogen) atoms. The highest BCUT2D eigenvalue weighted by Crippen LogP contribution is 2.28. The van der Waals surface area contributed by atoms with E-state index in [1.54, 1.807) is 13.3 Å². The fraction of sp³-hybridized carbons (Fsp3) is 0.333. The lowest BCUT2D eigenvalue weighted by molar-refractivity contribution is 0.145. The number of piperidine rings is 1. The Bertz CT molecular complexity index is 853. The molecular formula is C18H20N4O2. The van der Waals surface area contributed by atoms with E-state index in [9.17, 15) is 5.11 Å². The van der Waals surface area contributed by atoms with E-state index in [0.717, 1.165) is 54.3 Å². The third-order valence-electron chi connectivity index (χ3n) is 4.50. The predicted molar refractivity (Wildman–Crippen MR) is 92.4 cm³/mol. The summed E-state index contributed by atoms with van der Waals surface area (Å²) in [5, 5.41) is 14.4. The molecule has 1 saturated heterocycles. The molecule has 6 nitrogen and oxygen atoms in total. The summed E-state index contributed by atoms with van der Waals surface area (Å²) in [6.07, 6.45) is 4.99. The number of methoxy groups -OCH3 is 1. The van der Waals surface area contributed by atoms with Gasteiger partial charge in [0.1, 0.15) is 11.3 Å². The van der Waals surface area contributed by atoms with Crippen LogP contribution in [0.3, 0.4) is 0 Å². The molecule has 0 saturated carbocycles. The predicted octanol–water partition coefficient (Wildman–Crippen LogP) is 2.37. The van der Waals surface area contributed by atoms with Crippen LogP contribution in [0.25, 0.3) is 16.8 Å². The monoisotopic (exact) mass is 324 g/mol. The minimum atomic E-state index is -0.196. The Kier molecular flexibility index (Phi) is 3.82. The molecule has 1 aliphatic rings. The SMILES string of the molecule is COc1cccc(-c2cc3c(N4CCC(O)CC4)nccn3n2)c1. The van der Waals surface area contributed by atoms with Crippen LogP contribution in [0, 0.1) is 0 Å². The van der Waals surface area contributed by atoms with Crippen LogP contribution < -0.4 is 9.64 Å². The van der Waals surface area contributed by atoms with Gasteiger partial charge in [0.2, 0.25) is 0 Å². The molecule has 1 fully saturated rings. The van der Waals surface area contributed by atoms with Gasteiger partial charge in [0.25, 0.3) is 0 Å². The molecule has 0 amide bonds. The summed E-state index contributed by atoms with van der Waals surface area (Å²) in [5.74, 6) is 1.74. The van der Waals surface area contributed by atoms with Crippen LogP contribution in [0.1, 0.15) is 12.8 Å². The lowest BCUT2D eigenvalue weighted by atomic mass is 10.1. The second-order valence-corrected chi connectivity index (χ2v) is 6.06. The number of aromatic nitrogens is 3. The van der Waals surface area contributed by atoms with Gasteiger partial charge < -0.3 is 14.7 Å². The molecule has 6 heteroatoms. The highest BCUT2D eigenvalue weighted by atomic mass is 16.5. The van der Waals surface area contributed by atoms with Gasteiger partial charge in [0.15, 0.2) is 5.82 Å². The summed E-state index contributed by atoms with van der Waals surface area (Å²) in [6.45, 7) is 1.63. The van der Waals surface area contributed by atoms with Crippen molar-refractivity contribution in [3.63, 3.8) is 0 Å². The molecule has 2 aromatic heterocycles. The van der Waals surface area contributed by atoms with E-state index in [-0.39, 0.29) is 6.10 Å². The topological polar surface area (TPSA) is 62.9 Å². The number of hydrogen-bond acceptors (Lipinski definition) is 5. The van der Waals surface area contributed by atoms with Crippen LogP contribution in [0.5, 0.6) is 5.75 Å². The molecule has 3 aromatic rings. The van der Waals surface area contributed by atoms with Gasteiger partial charge >= 0.3 is 0 Å². The largest absolute Gasteiger partial charge is 0.497 e. The standard InChI is InChI=1S/C18H20N4O2/c1-24-15-4-2-3-13(11-15)16-12-17-18(19-7-10-22(17)20-16)21-8-5-14(23)6-9-21/h2-4,7,10-12,14,23H,5-6,8-9H2,1H3. The zero-order chi connectivity index (χ0) is 16.5. The Morgan fingerprint density at radius 1 is 1.21 bits per heavy atom. The van der Waals surface area contributed by atoms with Crippen molar-refractivity contribution in [2.75, 3.05) is 25.1 Å². The van der Waals surface area contributed by atoms with Crippen molar-refractivity contribution >= 4 is 11.3 Å². The number of aliphatic hydroxyl groups is 1. The molecule has 0 atom stereocenters. The molecule has 4 rings (SSSR count). The number of fused-ring (bicyclic) bond motifs is 1. The first kappa shape index (κ1) is 15.0. The van der Waals surface area contributed by atoms with Crippen molar-refractivity contribution in [1.82, 2.24) is 14.6 Å². The van der Waals surface area contributed by atoms with Gasteiger partial charge in [-0.2, -0.15) is 5.10 Å². The molecule has 1 N–H and O–H groups in total. The Labute approximate surface area is 140 Å². The second-order valence-electron chi connectivity index (χ2n) is 6.06. The summed E-state index contributed by atoms with van der Waals surface area (Å²) in [6, 6.07) is 9.94. The summed E-state index contributed by atoms with van der Waals surface area (Å²) in [4.78, 5) is 6.78. The maximum Gasteiger partial charge on any atom is 0.154 e. The molecule has 124 valence electrons. The fourth-order valence-electron chi connectivity index (χ4n) is 3.15. The number of hydrogen-bond donors (Lipinski definition) is 1. The summed E-state index contributed by atoms with van der Waals surface area (Å²) in [7, 11) is 1.66. The van der Waals surface area contributed by atoms with E-state index in [0.29, 0.717) is 0 Å². The maximum absolute atomic E-state index is 9.71. The van der Waals surface area contributed by atoms with Gasteiger partial charge in [0.05, 0.1) is 18.9 Å². The van der Waals surface area contributed by atoms with Gasteiger partial charge in [-0.15, -0.1) is 0 Å². The Morgan fingerprint density at radius 3 is 2.83 bits per heavy atom. The molecule has 3 heterocycles. The molecular weight excluding hydrogens is 304 g/mol. The average molecular weight is 324 g/mol. The summed E-state index contributed by atoms with van der Waals surface area (Å²) < 4.78 is 7.16. The fourth-order valence-corrected chi connectivity index (χ4v) is 3.15. The van der Waals surface area contributed by atoms with Crippen molar-refractivity contribution in [2.45, 2.75) is 18.9 Å². The first-order valence-electron chi connectivity index (χ1n) is 8.16. The molecule has 0 unspecified atom stereocenters. The number of ether oxygens (including phenoxy) is 1. The Hall–Kier alpha value is -2.60. The van der Waals surface area contributed by atoms with E-state index in [4.69, 9.17) is 4.74 Å². The van der Waals surface area contributed by atoms with Crippen LogP contribution in [-0.2, 0) is 0 Å². The molecule has 0 aliphatic carbocycles. The molecule has 1 aliphatic heterocycles. The zero-order valence-electron chi connectivity index (χ0n) is 13.6. The van der Waals surface area contributed by atoms with Crippen molar-refractivity contribution in [2.24, 2.45) is 0 Å². The second kappa shape index (κ2) is 6.13. The Balaban J connectivity index is 1.74. The minimum absolute atomic E-state index is 0.196. The van der Waals surface area contributed by atoms with Gasteiger partial charge in [-0.25, -0.2) is 9.50 Å². The van der Waals surface area contributed by atoms with E-state index >= 15 is 0 Å². The van der Waals surface area contributed by atoms with E-state index in [1.165, 1.54) is 0 Å². The maximum atomic E-state index is 9.71. The van der Waals surface area contributed by atoms with Crippen LogP contribution in [0.4, 0.5) is 5.82 Å². The van der Waals surface area contributed by atoms with Crippen LogP contribution in [-0.4, -0.2) is 46.0 Å². The van der Waals surface area contributed by atoms with E-state index in [1.807, 2.05) is 35.0 Å². The van der Waals surface area contributed by atoms with Crippen molar-refractivity contribution in [1.29, 1.82) is 0 Å². The van der Waals surface area contributed by atoms with Crippen molar-refractivity contribution in [3.05, 3.63) is 42.7 Å². The Morgan fingerprint density at radius 2 is 2.04 bits per heavy atom. The van der Waals surface area contributed by atoms with Crippen LogP contribution >= 0.6 is 0 Å². The molecule has 0 bridgehead atoms. The lowest BCUT2D eigenvalue weighted by Crippen LogP contribution is -2.36. The number of rotatable bonds is 3. The molecule has 1 aromatic carbocycles. The van der Waals surface area contributed by atoms with E-state index < -0.39 is 0 Å². The number of nitrogens with zero attached hydrogens (tertiary/aromatic N) is 4. The van der Waals surface area contributed by atoms with Crippen LogP contribution in [0.15, 0.2) is 42.7 Å². The van der Waals surface area contributed by atoms with Crippen molar-refractivity contribution in [3.8, 4) is 17.0 Å². The quantitative estimate of drug-likeness (QED) is 0.801. The van der Waals surface area contributed by atoms with Gasteiger partial charge in [-0.3, -0.25) is 0 Å². The van der Waals surface area contributed by atoms with Gasteiger partial charge in [-0.1, -0.05) is 12.1 Å². The highest BCUT2D eigenvalue weighted by Gasteiger charge is 2.21. The summed E-state index contributed by atoms with van der Waals surface area (Å²) >= 11 is 0. The third kappa shape index (κ3) is 2.69. The average Bonchev–Trinajstić information content (AvgIpc) is 3.07. The molecule has 0 radical (unpaired) electrons. The first-order chi connectivity index (χ1) is 11.7. The van der Waals surface area contributed by atoms with Crippen molar-refractivity contribution < 1.29 is 9.84 Å². The van der Waals surface area contributed by atoms with Gasteiger partial charge in [-0.05, 0) is 31.0 Å². The third-order valence-corrected chi connectivity index (χ3v) is 4.50. The molecule has 0 spiro atoms. The highest BCUT2D eigenvalue weighted by molar-refractivity contribution is 5.75. The normalized spacial score (nSPS) is 15.8. The minimum Gasteiger partial charge on any atom is -0.497 e. The summed E-state index contributed by atoms with van der Waals surface area (Å²) in [5.41, 5.74) is 2.88. The zero-order valence-corrected chi connectivity index (χ0v) is 13.6. The smallest absolute Gasteiger partial charge is 0.154 e. The van der Waals surface area contributed by atoms with Gasteiger partial charge in [0, 0.05) is 31.0 Å². The van der Waals surface area contributed by atoms with Crippen LogP contribution in [0.2, 0.25) is 0 Å². The van der Waals surface area contributed by atoms with E-state index in [2.05, 4.69) is 21.0 Å². The lowest BCUT2D eigenvalue weighted by Gasteiger charge is -2.30. The number of benzene rings is 1. The first-order valence-corrected chi connectivity index (χ1v) is 8.16. The number of anilines is 1.